The van der Waals surface area contributed by atoms with Gasteiger partial charge in [-0.3, -0.25) is 4.98 Å². The summed E-state index contributed by atoms with van der Waals surface area (Å²) in [7, 11) is 0. The van der Waals surface area contributed by atoms with Gasteiger partial charge in [-0.1, -0.05) is 11.6 Å². The highest BCUT2D eigenvalue weighted by molar-refractivity contribution is 7.80. The van der Waals surface area contributed by atoms with Gasteiger partial charge < -0.3 is 20.7 Å². The first-order valence-electron chi connectivity index (χ1n) is 10.0. The van der Waals surface area contributed by atoms with Gasteiger partial charge in [0, 0.05) is 36.1 Å². The highest BCUT2D eigenvalue weighted by Crippen LogP contribution is 2.24. The lowest BCUT2D eigenvalue weighted by atomic mass is 10.1. The predicted octanol–water partition coefficient (Wildman–Crippen LogP) is 3.53. The minimum atomic E-state index is -0.438. The van der Waals surface area contributed by atoms with Crippen molar-refractivity contribution in [2.24, 2.45) is 0 Å². The van der Waals surface area contributed by atoms with Crippen molar-refractivity contribution in [2.45, 2.75) is 27.7 Å². The summed E-state index contributed by atoms with van der Waals surface area (Å²) in [6, 6.07) is 8.27. The molecule has 0 aliphatic rings. The number of anilines is 2. The molecule has 0 amide bonds. The normalized spacial score (nSPS) is 10.6. The van der Waals surface area contributed by atoms with Crippen LogP contribution in [-0.2, 0) is 4.74 Å². The molecule has 8 nitrogen and oxygen atoms in total. The van der Waals surface area contributed by atoms with E-state index in [-0.39, 0.29) is 0 Å². The van der Waals surface area contributed by atoms with Crippen LogP contribution in [0, 0.1) is 20.8 Å². The van der Waals surface area contributed by atoms with Gasteiger partial charge in [-0.2, -0.15) is 0 Å². The molecule has 0 aliphatic heterocycles. The monoisotopic (exact) mass is 438 g/mol. The fourth-order valence-electron chi connectivity index (χ4n) is 3.07. The Bertz CT molecular complexity index is 1120. The van der Waals surface area contributed by atoms with Gasteiger partial charge in [0.05, 0.1) is 23.4 Å². The first-order chi connectivity index (χ1) is 14.9. The lowest BCUT2D eigenvalue weighted by Crippen LogP contribution is -2.33. The third kappa shape index (κ3) is 5.85. The molecule has 2 heterocycles. The molecule has 9 heteroatoms. The molecule has 0 radical (unpaired) electrons. The molecular formula is C22H26N6O2S. The number of carbonyl (C=O) groups is 1. The molecule has 31 heavy (non-hydrogen) atoms. The zero-order chi connectivity index (χ0) is 22.4. The SMILES string of the molecule is CCOC(=O)c1cnc(NC(=S)NCCNc2cc(C)nc3ccc(C)cc23)nc1C. The number of nitrogens with zero attached hydrogens (tertiary/aromatic N) is 3. The molecule has 1 aromatic carbocycles. The Hall–Kier alpha value is -3.33. The van der Waals surface area contributed by atoms with Crippen molar-refractivity contribution in [3.05, 3.63) is 53.0 Å². The van der Waals surface area contributed by atoms with Gasteiger partial charge in [0.25, 0.3) is 0 Å². The Balaban J connectivity index is 1.53. The first-order valence-corrected chi connectivity index (χ1v) is 10.5. The van der Waals surface area contributed by atoms with Crippen molar-refractivity contribution in [1.82, 2.24) is 20.3 Å². The number of benzene rings is 1. The van der Waals surface area contributed by atoms with Gasteiger partial charge in [0.2, 0.25) is 5.95 Å². The van der Waals surface area contributed by atoms with Gasteiger partial charge in [-0.25, -0.2) is 14.8 Å². The molecule has 162 valence electrons. The van der Waals surface area contributed by atoms with E-state index in [1.54, 1.807) is 13.8 Å². The van der Waals surface area contributed by atoms with Crippen molar-refractivity contribution in [3.8, 4) is 0 Å². The number of carbonyl (C=O) groups excluding carboxylic acids is 1. The molecule has 3 rings (SSSR count). The van der Waals surface area contributed by atoms with E-state index in [9.17, 15) is 4.79 Å². The van der Waals surface area contributed by atoms with Crippen LogP contribution in [0.2, 0.25) is 0 Å². The lowest BCUT2D eigenvalue weighted by molar-refractivity contribution is 0.0524. The topological polar surface area (TPSA) is 101 Å². The van der Waals surface area contributed by atoms with E-state index < -0.39 is 5.97 Å². The number of hydrogen-bond acceptors (Lipinski definition) is 7. The number of ether oxygens (including phenoxy) is 1. The zero-order valence-electron chi connectivity index (χ0n) is 18.1. The fourth-order valence-corrected chi connectivity index (χ4v) is 3.27. The number of rotatable bonds is 7. The van der Waals surface area contributed by atoms with E-state index in [1.165, 1.54) is 11.8 Å². The van der Waals surface area contributed by atoms with E-state index >= 15 is 0 Å². The van der Waals surface area contributed by atoms with Crippen LogP contribution in [0.3, 0.4) is 0 Å². The van der Waals surface area contributed by atoms with Crippen LogP contribution in [0.4, 0.5) is 11.6 Å². The summed E-state index contributed by atoms with van der Waals surface area (Å²) in [5.41, 5.74) is 5.02. The number of hydrogen-bond donors (Lipinski definition) is 3. The number of aryl methyl sites for hydroxylation is 3. The number of esters is 1. The standard InChI is InChI=1S/C22H26N6O2S/c1-5-30-20(29)17-12-25-21(27-15(17)4)28-22(31)24-9-8-23-19-11-14(3)26-18-7-6-13(2)10-16(18)19/h6-7,10-12H,5,8-9H2,1-4H3,(H,23,26)(H2,24,25,27,28,31). The molecule has 0 aliphatic carbocycles. The third-order valence-electron chi connectivity index (χ3n) is 4.52. The molecule has 3 N–H and O–H groups in total. The summed E-state index contributed by atoms with van der Waals surface area (Å²) in [5, 5.41) is 11.0. The highest BCUT2D eigenvalue weighted by atomic mass is 32.1. The molecule has 0 saturated heterocycles. The number of pyridine rings is 1. The Morgan fingerprint density at radius 3 is 2.68 bits per heavy atom. The second-order valence-electron chi connectivity index (χ2n) is 7.05. The average Bonchev–Trinajstić information content (AvgIpc) is 2.71. The highest BCUT2D eigenvalue weighted by Gasteiger charge is 2.13. The third-order valence-corrected chi connectivity index (χ3v) is 4.76. The van der Waals surface area contributed by atoms with Crippen molar-refractivity contribution >= 4 is 45.8 Å². The molecule has 0 atom stereocenters. The van der Waals surface area contributed by atoms with Gasteiger partial charge in [-0.05, 0) is 58.1 Å². The number of aromatic nitrogens is 3. The van der Waals surface area contributed by atoms with Crippen molar-refractivity contribution in [1.29, 1.82) is 0 Å². The summed E-state index contributed by atoms with van der Waals surface area (Å²) in [6.45, 7) is 9.09. The maximum absolute atomic E-state index is 11.8. The average molecular weight is 439 g/mol. The smallest absolute Gasteiger partial charge is 0.341 e. The van der Waals surface area contributed by atoms with Crippen molar-refractivity contribution in [3.63, 3.8) is 0 Å². The van der Waals surface area contributed by atoms with Crippen molar-refractivity contribution < 1.29 is 9.53 Å². The fraction of sp³-hybridized carbons (Fsp3) is 0.318. The van der Waals surface area contributed by atoms with E-state index in [0.29, 0.717) is 42.0 Å². The summed E-state index contributed by atoms with van der Waals surface area (Å²) in [4.78, 5) is 24.8. The van der Waals surface area contributed by atoms with Crippen LogP contribution >= 0.6 is 12.2 Å². The molecule has 0 bridgehead atoms. The number of thiocarbonyl (C=S) groups is 1. The minimum absolute atomic E-state index is 0.300. The molecule has 0 unspecified atom stereocenters. The summed E-state index contributed by atoms with van der Waals surface area (Å²) >= 11 is 5.32. The summed E-state index contributed by atoms with van der Waals surface area (Å²) < 4.78 is 4.98. The molecular weight excluding hydrogens is 412 g/mol. The van der Waals surface area contributed by atoms with Crippen LogP contribution < -0.4 is 16.0 Å². The molecule has 3 aromatic rings. The van der Waals surface area contributed by atoms with E-state index in [0.717, 1.165) is 22.3 Å². The predicted molar refractivity (Wildman–Crippen MR) is 127 cm³/mol. The van der Waals surface area contributed by atoms with Crippen LogP contribution in [0.5, 0.6) is 0 Å². The maximum Gasteiger partial charge on any atom is 0.341 e. The second kappa shape index (κ2) is 10.1. The quantitative estimate of drug-likeness (QED) is 0.290. The van der Waals surface area contributed by atoms with E-state index in [2.05, 4.69) is 50.0 Å². The lowest BCUT2D eigenvalue weighted by Gasteiger charge is -2.13. The second-order valence-corrected chi connectivity index (χ2v) is 7.46. The summed E-state index contributed by atoms with van der Waals surface area (Å²) in [5.74, 6) is -0.116. The van der Waals surface area contributed by atoms with Gasteiger partial charge in [0.1, 0.15) is 0 Å². The van der Waals surface area contributed by atoms with Crippen LogP contribution in [-0.4, -0.2) is 45.7 Å². The largest absolute Gasteiger partial charge is 0.462 e. The minimum Gasteiger partial charge on any atom is -0.462 e. The number of fused-ring (bicyclic) bond motifs is 1. The van der Waals surface area contributed by atoms with Crippen molar-refractivity contribution in [2.75, 3.05) is 30.3 Å². The zero-order valence-corrected chi connectivity index (χ0v) is 18.9. The number of nitrogens with one attached hydrogen (secondary N) is 3. The Kier molecular flexibility index (Phi) is 7.30. The molecule has 0 spiro atoms. The summed E-state index contributed by atoms with van der Waals surface area (Å²) in [6.07, 6.45) is 1.44. The van der Waals surface area contributed by atoms with Gasteiger partial charge >= 0.3 is 5.97 Å². The van der Waals surface area contributed by atoms with E-state index in [1.807, 2.05) is 19.1 Å². The Morgan fingerprint density at radius 1 is 1.13 bits per heavy atom. The van der Waals surface area contributed by atoms with Crippen LogP contribution in [0.1, 0.15) is 34.2 Å². The van der Waals surface area contributed by atoms with Crippen LogP contribution in [0.15, 0.2) is 30.5 Å². The molecule has 2 aromatic heterocycles. The van der Waals surface area contributed by atoms with E-state index in [4.69, 9.17) is 17.0 Å². The van der Waals surface area contributed by atoms with Gasteiger partial charge in [-0.15, -0.1) is 0 Å². The Labute approximate surface area is 186 Å². The molecule has 0 saturated carbocycles. The van der Waals surface area contributed by atoms with Gasteiger partial charge in [0.15, 0.2) is 5.11 Å². The first kappa shape index (κ1) is 22.4. The Morgan fingerprint density at radius 2 is 1.94 bits per heavy atom. The molecule has 0 fully saturated rings. The van der Waals surface area contributed by atoms with Crippen LogP contribution in [0.25, 0.3) is 10.9 Å². The maximum atomic E-state index is 11.8.